The quantitative estimate of drug-likeness (QED) is 0.303. The molecule has 6 nitrogen and oxygen atoms in total. The summed E-state index contributed by atoms with van der Waals surface area (Å²) in [6.45, 7) is 2.87. The van der Waals surface area contributed by atoms with Gasteiger partial charge in [-0.05, 0) is 13.8 Å². The second kappa shape index (κ2) is 6.11. The number of nitrogens with two attached hydrogens (primary N) is 1. The van der Waals surface area contributed by atoms with E-state index in [1.54, 1.807) is 0 Å². The molecule has 0 aliphatic rings. The highest BCUT2D eigenvalue weighted by atomic mass is 16.5. The predicted octanol–water partition coefficient (Wildman–Crippen LogP) is -1.15. The fraction of sp³-hybridized carbons (Fsp3) is 0.500. The molecule has 80 valence electrons. The number of aliphatic hydroxyl groups is 1. The Morgan fingerprint density at radius 3 is 2.43 bits per heavy atom. The predicted molar refractivity (Wildman–Crippen MR) is 48.7 cm³/mol. The average Bonchev–Trinajstić information content (AvgIpc) is 1.98. The number of rotatable bonds is 4. The molecule has 0 aliphatic carbocycles. The average molecular weight is 202 g/mol. The van der Waals surface area contributed by atoms with Crippen molar-refractivity contribution in [1.29, 1.82) is 0 Å². The van der Waals surface area contributed by atoms with Gasteiger partial charge in [-0.1, -0.05) is 0 Å². The number of amides is 1. The maximum Gasteiger partial charge on any atom is 0.332 e. The van der Waals surface area contributed by atoms with Crippen LogP contribution in [0.2, 0.25) is 0 Å². The Kier molecular flexibility index (Phi) is 5.50. The van der Waals surface area contributed by atoms with Crippen molar-refractivity contribution in [3.05, 3.63) is 12.2 Å². The van der Waals surface area contributed by atoms with E-state index in [0.29, 0.717) is 0 Å². The molecular weight excluding hydrogens is 188 g/mol. The van der Waals surface area contributed by atoms with Crippen LogP contribution in [-0.4, -0.2) is 29.4 Å². The third-order valence-electron chi connectivity index (χ3n) is 1.02. The first-order valence-electron chi connectivity index (χ1n) is 4.04. The molecule has 0 aromatic heterocycles. The molecule has 0 saturated heterocycles. The van der Waals surface area contributed by atoms with Crippen LogP contribution in [0.25, 0.3) is 0 Å². The monoisotopic (exact) mass is 202 g/mol. The van der Waals surface area contributed by atoms with Crippen LogP contribution in [0.1, 0.15) is 13.8 Å². The zero-order chi connectivity index (χ0) is 11.1. The molecule has 2 atom stereocenters. The number of nitrogens with one attached hydrogen (secondary N) is 1. The zero-order valence-electron chi connectivity index (χ0n) is 8.06. The number of hydrogen-bond donors (Lipinski definition) is 3. The minimum atomic E-state index is -0.961. The molecule has 0 aliphatic heterocycles. The first kappa shape index (κ1) is 12.6. The Bertz CT molecular complexity index is 211. The fourth-order valence-electron chi connectivity index (χ4n) is 0.620. The molecule has 6 heteroatoms. The van der Waals surface area contributed by atoms with E-state index in [2.05, 4.69) is 10.1 Å². The van der Waals surface area contributed by atoms with Crippen molar-refractivity contribution in [2.45, 2.75) is 26.3 Å². The zero-order valence-corrected chi connectivity index (χ0v) is 8.06. The van der Waals surface area contributed by atoms with Crippen LogP contribution in [0.4, 0.5) is 0 Å². The Hall–Kier alpha value is -1.40. The van der Waals surface area contributed by atoms with E-state index in [4.69, 9.17) is 10.8 Å². The van der Waals surface area contributed by atoms with Crippen LogP contribution >= 0.6 is 0 Å². The van der Waals surface area contributed by atoms with Crippen LogP contribution in [-0.2, 0) is 14.3 Å². The normalized spacial score (nSPS) is 14.9. The van der Waals surface area contributed by atoms with Gasteiger partial charge in [-0.15, -0.1) is 0 Å². The molecule has 0 aromatic carbocycles. The first-order valence-corrected chi connectivity index (χ1v) is 4.04. The van der Waals surface area contributed by atoms with Gasteiger partial charge in [0.25, 0.3) is 0 Å². The van der Waals surface area contributed by atoms with Gasteiger partial charge in [-0.25, -0.2) is 4.79 Å². The van der Waals surface area contributed by atoms with E-state index in [9.17, 15) is 9.59 Å². The summed E-state index contributed by atoms with van der Waals surface area (Å²) in [7, 11) is 0. The van der Waals surface area contributed by atoms with Crippen LogP contribution in [0.3, 0.4) is 0 Å². The molecule has 0 spiro atoms. The molecule has 0 saturated carbocycles. The molecule has 0 rings (SSSR count). The van der Waals surface area contributed by atoms with E-state index in [0.717, 1.165) is 12.2 Å². The second-order valence-electron chi connectivity index (χ2n) is 2.66. The number of aliphatic hydroxyl groups excluding tert-OH is 1. The summed E-state index contributed by atoms with van der Waals surface area (Å²) >= 11 is 0. The van der Waals surface area contributed by atoms with Crippen LogP contribution < -0.4 is 11.1 Å². The lowest BCUT2D eigenvalue weighted by molar-refractivity contribution is -0.142. The van der Waals surface area contributed by atoms with E-state index >= 15 is 0 Å². The van der Waals surface area contributed by atoms with Gasteiger partial charge in [0.15, 0.2) is 0 Å². The van der Waals surface area contributed by atoms with Crippen molar-refractivity contribution in [3.63, 3.8) is 0 Å². The molecule has 1 amide bonds. The molecule has 4 N–H and O–H groups in total. The number of hydrogen-bond acceptors (Lipinski definition) is 5. The Balaban J connectivity index is 3.92. The molecule has 0 heterocycles. The topological polar surface area (TPSA) is 102 Å². The lowest BCUT2D eigenvalue weighted by Crippen LogP contribution is -2.30. The van der Waals surface area contributed by atoms with Gasteiger partial charge in [-0.3, -0.25) is 10.5 Å². The number of carbonyl (C=O) groups is 2. The molecule has 0 aromatic rings. The summed E-state index contributed by atoms with van der Waals surface area (Å²) in [4.78, 5) is 21.7. The van der Waals surface area contributed by atoms with Gasteiger partial charge in [0.2, 0.25) is 5.91 Å². The van der Waals surface area contributed by atoms with Crippen molar-refractivity contribution < 1.29 is 19.4 Å². The Morgan fingerprint density at radius 1 is 1.43 bits per heavy atom. The summed E-state index contributed by atoms with van der Waals surface area (Å²) in [5, 5.41) is 10.9. The highest BCUT2D eigenvalue weighted by molar-refractivity contribution is 5.94. The smallest absolute Gasteiger partial charge is 0.332 e. The van der Waals surface area contributed by atoms with E-state index < -0.39 is 24.3 Å². The van der Waals surface area contributed by atoms with Crippen molar-refractivity contribution in [1.82, 2.24) is 5.32 Å². The number of esters is 1. The van der Waals surface area contributed by atoms with Gasteiger partial charge in [-0.2, -0.15) is 0 Å². The Morgan fingerprint density at radius 2 is 2.00 bits per heavy atom. The third-order valence-corrected chi connectivity index (χ3v) is 1.02. The standard InChI is InChI=1S/C8H14N2O4/c1-5(9)14-8(13)4-3-7(12)10-6(2)11/h3-6,11H,9H2,1-2H3,(H,10,12)/b4-3-. The highest BCUT2D eigenvalue weighted by Gasteiger charge is 2.03. The SMILES string of the molecule is CC(O)NC(=O)/C=C\C(=O)OC(C)N. The molecule has 0 fully saturated rings. The number of ether oxygens (including phenoxy) is 1. The van der Waals surface area contributed by atoms with E-state index in [1.165, 1.54) is 13.8 Å². The summed E-state index contributed by atoms with van der Waals surface area (Å²) in [6, 6.07) is 0. The summed E-state index contributed by atoms with van der Waals surface area (Å²) in [6.07, 6.45) is 0.210. The molecule has 2 unspecified atom stereocenters. The maximum atomic E-state index is 10.8. The third kappa shape index (κ3) is 7.26. The van der Waals surface area contributed by atoms with Gasteiger partial charge in [0, 0.05) is 12.2 Å². The van der Waals surface area contributed by atoms with Crippen molar-refractivity contribution >= 4 is 11.9 Å². The van der Waals surface area contributed by atoms with Crippen LogP contribution in [0.5, 0.6) is 0 Å². The summed E-state index contributed by atoms with van der Waals surface area (Å²) in [5.74, 6) is -1.29. The highest BCUT2D eigenvalue weighted by Crippen LogP contribution is 1.85. The first-order chi connectivity index (χ1) is 6.41. The van der Waals surface area contributed by atoms with E-state index in [1.807, 2.05) is 0 Å². The largest absolute Gasteiger partial charge is 0.444 e. The van der Waals surface area contributed by atoms with E-state index in [-0.39, 0.29) is 0 Å². The van der Waals surface area contributed by atoms with Crippen LogP contribution in [0, 0.1) is 0 Å². The lowest BCUT2D eigenvalue weighted by Gasteiger charge is -2.05. The summed E-state index contributed by atoms with van der Waals surface area (Å²) < 4.78 is 4.52. The second-order valence-corrected chi connectivity index (χ2v) is 2.66. The van der Waals surface area contributed by atoms with Crippen LogP contribution in [0.15, 0.2) is 12.2 Å². The minimum Gasteiger partial charge on any atom is -0.444 e. The summed E-state index contributed by atoms with van der Waals surface area (Å²) in [5.41, 5.74) is 5.16. The van der Waals surface area contributed by atoms with Crippen molar-refractivity contribution in [3.8, 4) is 0 Å². The van der Waals surface area contributed by atoms with Gasteiger partial charge in [0.1, 0.15) is 12.5 Å². The maximum absolute atomic E-state index is 10.8. The lowest BCUT2D eigenvalue weighted by atomic mass is 10.4. The number of carbonyl (C=O) groups excluding carboxylic acids is 2. The molecule has 0 bridgehead atoms. The molecule has 14 heavy (non-hydrogen) atoms. The Labute approximate surface area is 81.7 Å². The molecular formula is C8H14N2O4. The van der Waals surface area contributed by atoms with Gasteiger partial charge < -0.3 is 15.2 Å². The van der Waals surface area contributed by atoms with Gasteiger partial charge >= 0.3 is 5.97 Å². The minimum absolute atomic E-state index is 0.582. The van der Waals surface area contributed by atoms with Gasteiger partial charge in [0.05, 0.1) is 0 Å². The molecule has 0 radical (unpaired) electrons. The van der Waals surface area contributed by atoms with Crippen molar-refractivity contribution in [2.24, 2.45) is 5.73 Å². The fourth-order valence-corrected chi connectivity index (χ4v) is 0.620. The van der Waals surface area contributed by atoms with Crippen molar-refractivity contribution in [2.75, 3.05) is 0 Å².